The maximum atomic E-state index is 12.9. The summed E-state index contributed by atoms with van der Waals surface area (Å²) in [6, 6.07) is 3.46. The van der Waals surface area contributed by atoms with Crippen LogP contribution in [0.4, 0.5) is 8.78 Å². The molecule has 0 fully saturated rings. The zero-order chi connectivity index (χ0) is 21.7. The van der Waals surface area contributed by atoms with E-state index >= 15 is 0 Å². The molecule has 0 saturated carbocycles. The summed E-state index contributed by atoms with van der Waals surface area (Å²) >= 11 is 6.05. The van der Waals surface area contributed by atoms with Crippen molar-refractivity contribution in [3.05, 3.63) is 28.4 Å². The first-order valence-corrected chi connectivity index (χ1v) is 11.9. The van der Waals surface area contributed by atoms with E-state index in [2.05, 4.69) is 32.6 Å². The number of hydrogen-bond donors (Lipinski definition) is 1. The molecule has 2 amide bonds. The first kappa shape index (κ1) is 25.8. The van der Waals surface area contributed by atoms with Crippen molar-refractivity contribution in [2.75, 3.05) is 6.61 Å². The van der Waals surface area contributed by atoms with Crippen molar-refractivity contribution in [2.45, 2.75) is 24.5 Å². The SMILES string of the molecule is O=C(CCCC(=O)OCC(F)(F)S(=O)(=O)[O-])NC(=O)c1cc(I)cc(I)c1I. The summed E-state index contributed by atoms with van der Waals surface area (Å²) in [5.74, 6) is -2.51. The van der Waals surface area contributed by atoms with E-state index in [1.807, 2.05) is 51.2 Å². The molecule has 8 nitrogen and oxygen atoms in total. The normalized spacial score (nSPS) is 11.8. The second kappa shape index (κ2) is 10.7. The molecular formula is C14H11F2I3NO7S-. The number of alkyl halides is 2. The average Bonchev–Trinajstić information content (AvgIpc) is 2.55. The fourth-order valence-corrected chi connectivity index (χ4v) is 4.28. The average molecular weight is 756 g/mol. The molecule has 0 radical (unpaired) electrons. The molecule has 0 aliphatic heterocycles. The number of imide groups is 1. The first-order chi connectivity index (χ1) is 12.7. The summed E-state index contributed by atoms with van der Waals surface area (Å²) in [4.78, 5) is 35.3. The third-order valence-electron chi connectivity index (χ3n) is 3.04. The zero-order valence-corrected chi connectivity index (χ0v) is 20.9. The number of carbonyl (C=O) groups is 3. The number of carbonyl (C=O) groups excluding carboxylic acids is 3. The van der Waals surface area contributed by atoms with Crippen molar-refractivity contribution in [1.82, 2.24) is 5.32 Å². The molecule has 14 heteroatoms. The van der Waals surface area contributed by atoms with Crippen LogP contribution in [0.3, 0.4) is 0 Å². The third-order valence-corrected chi connectivity index (χ3v) is 7.56. The maximum absolute atomic E-state index is 12.9. The van der Waals surface area contributed by atoms with Gasteiger partial charge in [-0.05, 0) is 86.3 Å². The molecule has 0 saturated heterocycles. The van der Waals surface area contributed by atoms with Crippen LogP contribution >= 0.6 is 67.8 Å². The van der Waals surface area contributed by atoms with Gasteiger partial charge in [0, 0.05) is 23.6 Å². The van der Waals surface area contributed by atoms with E-state index < -0.39 is 46.2 Å². The molecule has 0 atom stereocenters. The Morgan fingerprint density at radius 2 is 1.75 bits per heavy atom. The topological polar surface area (TPSA) is 130 Å². The molecule has 0 aliphatic rings. The van der Waals surface area contributed by atoms with Gasteiger partial charge in [0.2, 0.25) is 5.91 Å². The number of halogens is 5. The van der Waals surface area contributed by atoms with Gasteiger partial charge in [-0.3, -0.25) is 19.7 Å². The Morgan fingerprint density at radius 3 is 2.32 bits per heavy atom. The Kier molecular flexibility index (Phi) is 9.88. The number of nitrogens with one attached hydrogen (secondary N) is 1. The molecule has 0 bridgehead atoms. The van der Waals surface area contributed by atoms with Crippen LogP contribution in [0.25, 0.3) is 0 Å². The first-order valence-electron chi connectivity index (χ1n) is 7.22. The minimum atomic E-state index is -5.95. The van der Waals surface area contributed by atoms with Crippen molar-refractivity contribution < 1.29 is 40.9 Å². The predicted octanol–water partition coefficient (Wildman–Crippen LogP) is 2.61. The molecule has 0 heterocycles. The Balaban J connectivity index is 2.47. The van der Waals surface area contributed by atoms with E-state index in [0.29, 0.717) is 9.13 Å². The Morgan fingerprint density at radius 1 is 1.14 bits per heavy atom. The fourth-order valence-electron chi connectivity index (χ4n) is 1.68. The van der Waals surface area contributed by atoms with E-state index in [-0.39, 0.29) is 12.8 Å². The van der Waals surface area contributed by atoms with Gasteiger partial charge in [0.15, 0.2) is 16.7 Å². The lowest BCUT2D eigenvalue weighted by molar-refractivity contribution is -0.149. The van der Waals surface area contributed by atoms with Crippen LogP contribution in [-0.4, -0.2) is 42.6 Å². The summed E-state index contributed by atoms with van der Waals surface area (Å²) < 4.78 is 62.9. The molecule has 1 N–H and O–H groups in total. The van der Waals surface area contributed by atoms with E-state index in [9.17, 15) is 36.1 Å². The Hall–Kier alpha value is -0.210. The minimum absolute atomic E-state index is 0.130. The predicted molar refractivity (Wildman–Crippen MR) is 117 cm³/mol. The van der Waals surface area contributed by atoms with E-state index in [0.717, 1.165) is 7.14 Å². The summed E-state index contributed by atoms with van der Waals surface area (Å²) in [7, 11) is -5.95. The van der Waals surface area contributed by atoms with Crippen LogP contribution in [0, 0.1) is 10.7 Å². The summed E-state index contributed by atoms with van der Waals surface area (Å²) in [6.07, 6.45) is -0.876. The molecule has 0 spiro atoms. The van der Waals surface area contributed by atoms with Gasteiger partial charge in [0.25, 0.3) is 5.91 Å². The highest BCUT2D eigenvalue weighted by atomic mass is 127. The van der Waals surface area contributed by atoms with Crippen molar-refractivity contribution >= 4 is 95.7 Å². The molecule has 0 unspecified atom stereocenters. The lowest BCUT2D eigenvalue weighted by atomic mass is 10.2. The Labute approximate surface area is 199 Å². The fraction of sp³-hybridized carbons (Fsp3) is 0.357. The van der Waals surface area contributed by atoms with Crippen molar-refractivity contribution in [2.24, 2.45) is 0 Å². The molecule has 0 aromatic heterocycles. The third kappa shape index (κ3) is 7.90. The van der Waals surface area contributed by atoms with Crippen LogP contribution in [0.2, 0.25) is 0 Å². The van der Waals surface area contributed by atoms with E-state index in [1.54, 1.807) is 6.07 Å². The molecule has 1 rings (SSSR count). The quantitative estimate of drug-likeness (QED) is 0.187. The lowest BCUT2D eigenvalue weighted by Gasteiger charge is -2.19. The van der Waals surface area contributed by atoms with Crippen molar-refractivity contribution in [3.8, 4) is 0 Å². The second-order valence-corrected chi connectivity index (χ2v) is 10.2. The van der Waals surface area contributed by atoms with Crippen LogP contribution < -0.4 is 5.32 Å². The van der Waals surface area contributed by atoms with Gasteiger partial charge in [-0.1, -0.05) is 0 Å². The molecule has 156 valence electrons. The maximum Gasteiger partial charge on any atom is 0.367 e. The molecular weight excluding hydrogens is 745 g/mol. The highest BCUT2D eigenvalue weighted by Crippen LogP contribution is 2.23. The summed E-state index contributed by atoms with van der Waals surface area (Å²) in [6.45, 7) is -1.90. The van der Waals surface area contributed by atoms with E-state index in [4.69, 9.17) is 0 Å². The highest BCUT2D eigenvalue weighted by Gasteiger charge is 2.39. The number of rotatable bonds is 8. The molecule has 28 heavy (non-hydrogen) atoms. The van der Waals surface area contributed by atoms with Crippen molar-refractivity contribution in [3.63, 3.8) is 0 Å². The van der Waals surface area contributed by atoms with Gasteiger partial charge >= 0.3 is 11.2 Å². The van der Waals surface area contributed by atoms with Gasteiger partial charge in [0.05, 0.1) is 5.56 Å². The summed E-state index contributed by atoms with van der Waals surface area (Å²) in [5, 5.41) is -2.57. The van der Waals surface area contributed by atoms with Crippen LogP contribution in [0.15, 0.2) is 12.1 Å². The van der Waals surface area contributed by atoms with Gasteiger partial charge in [-0.25, -0.2) is 8.42 Å². The van der Waals surface area contributed by atoms with Crippen molar-refractivity contribution in [1.29, 1.82) is 0 Å². The number of hydrogen-bond acceptors (Lipinski definition) is 7. The van der Waals surface area contributed by atoms with Crippen LogP contribution in [0.1, 0.15) is 29.6 Å². The second-order valence-electron chi connectivity index (χ2n) is 5.23. The minimum Gasteiger partial charge on any atom is -0.743 e. The number of amides is 2. The van der Waals surface area contributed by atoms with Gasteiger partial charge in [-0.2, -0.15) is 8.78 Å². The number of esters is 1. The largest absolute Gasteiger partial charge is 0.743 e. The number of ether oxygens (including phenoxy) is 1. The standard InChI is InChI=1S/C14H12F2I3NO7S/c15-14(16,28(24,25)26)6-27-11(22)3-1-2-10(21)20-13(23)8-4-7(17)5-9(18)12(8)19/h4-5H,1-3,6H2,(H,20,21,23)(H,24,25,26)/p-1. The van der Waals surface area contributed by atoms with E-state index in [1.165, 1.54) is 0 Å². The molecule has 1 aromatic carbocycles. The van der Waals surface area contributed by atoms with Gasteiger partial charge in [0.1, 0.15) is 0 Å². The highest BCUT2D eigenvalue weighted by molar-refractivity contribution is 14.1. The van der Waals surface area contributed by atoms with Gasteiger partial charge < -0.3 is 9.29 Å². The van der Waals surface area contributed by atoms with Crippen LogP contribution in [0.5, 0.6) is 0 Å². The Bertz CT molecular complexity index is 893. The smallest absolute Gasteiger partial charge is 0.367 e. The molecule has 1 aromatic rings. The molecule has 0 aliphatic carbocycles. The van der Waals surface area contributed by atoms with Crippen LogP contribution in [-0.2, 0) is 24.4 Å². The lowest BCUT2D eigenvalue weighted by Crippen LogP contribution is -2.34. The number of benzene rings is 1. The zero-order valence-electron chi connectivity index (χ0n) is 13.6. The van der Waals surface area contributed by atoms with Gasteiger partial charge in [-0.15, -0.1) is 0 Å². The summed E-state index contributed by atoms with van der Waals surface area (Å²) in [5.41, 5.74) is 0.311. The monoisotopic (exact) mass is 756 g/mol.